The first-order valence-electron chi connectivity index (χ1n) is 4.08. The molecular formula is C9H17NaO2. The molecule has 0 spiro atoms. The topological polar surface area (TPSA) is 37.3 Å². The van der Waals surface area contributed by atoms with Crippen LogP contribution in [0.2, 0.25) is 0 Å². The van der Waals surface area contributed by atoms with E-state index in [1.54, 1.807) is 13.0 Å². The van der Waals surface area contributed by atoms with Gasteiger partial charge in [-0.3, -0.25) is 0 Å². The third kappa shape index (κ3) is 8.31. The molecule has 0 amide bonds. The summed E-state index contributed by atoms with van der Waals surface area (Å²) in [5.41, 5.74) is 0.459. The van der Waals surface area contributed by atoms with E-state index in [0.29, 0.717) is 5.57 Å². The van der Waals surface area contributed by atoms with Crippen LogP contribution in [0.15, 0.2) is 11.6 Å². The Morgan fingerprint density at radius 3 is 2.42 bits per heavy atom. The van der Waals surface area contributed by atoms with E-state index in [2.05, 4.69) is 6.92 Å². The summed E-state index contributed by atoms with van der Waals surface area (Å²) in [6.07, 6.45) is 6.15. The van der Waals surface area contributed by atoms with Crippen molar-refractivity contribution in [1.29, 1.82) is 0 Å². The van der Waals surface area contributed by atoms with Crippen LogP contribution in [-0.4, -0.2) is 40.6 Å². The summed E-state index contributed by atoms with van der Waals surface area (Å²) in [6.45, 7) is 3.77. The van der Waals surface area contributed by atoms with Crippen molar-refractivity contribution in [2.24, 2.45) is 0 Å². The molecule has 0 aliphatic carbocycles. The predicted molar refractivity (Wildman–Crippen MR) is 52.7 cm³/mol. The first-order chi connectivity index (χ1) is 5.18. The van der Waals surface area contributed by atoms with Gasteiger partial charge in [0, 0.05) is 5.57 Å². The van der Waals surface area contributed by atoms with E-state index < -0.39 is 5.97 Å². The van der Waals surface area contributed by atoms with Gasteiger partial charge in [0.05, 0.1) is 0 Å². The van der Waals surface area contributed by atoms with Crippen molar-refractivity contribution in [3.63, 3.8) is 0 Å². The van der Waals surface area contributed by atoms with Gasteiger partial charge in [0.1, 0.15) is 0 Å². The van der Waals surface area contributed by atoms with Crippen LogP contribution in [0.5, 0.6) is 0 Å². The molecule has 0 heterocycles. The van der Waals surface area contributed by atoms with E-state index in [-0.39, 0.29) is 29.6 Å². The summed E-state index contributed by atoms with van der Waals surface area (Å²) in [4.78, 5) is 10.3. The van der Waals surface area contributed by atoms with Crippen molar-refractivity contribution in [3.8, 4) is 0 Å². The summed E-state index contributed by atoms with van der Waals surface area (Å²) >= 11 is 0. The van der Waals surface area contributed by atoms with Crippen molar-refractivity contribution in [2.45, 2.75) is 39.5 Å². The van der Waals surface area contributed by atoms with Gasteiger partial charge < -0.3 is 5.11 Å². The van der Waals surface area contributed by atoms with Crippen molar-refractivity contribution in [3.05, 3.63) is 11.6 Å². The average molecular weight is 180 g/mol. The van der Waals surface area contributed by atoms with Crippen LogP contribution in [0.3, 0.4) is 0 Å². The van der Waals surface area contributed by atoms with Crippen LogP contribution in [-0.2, 0) is 4.79 Å². The van der Waals surface area contributed by atoms with Crippen LogP contribution < -0.4 is 0 Å². The first-order valence-corrected chi connectivity index (χ1v) is 4.08. The van der Waals surface area contributed by atoms with E-state index in [0.717, 1.165) is 12.8 Å². The first kappa shape index (κ1) is 14.7. The van der Waals surface area contributed by atoms with E-state index >= 15 is 0 Å². The molecule has 66 valence electrons. The Hall–Kier alpha value is 0.210. The van der Waals surface area contributed by atoms with Crippen LogP contribution >= 0.6 is 0 Å². The van der Waals surface area contributed by atoms with Gasteiger partial charge in [-0.1, -0.05) is 25.8 Å². The van der Waals surface area contributed by atoms with Crippen molar-refractivity contribution < 1.29 is 9.90 Å². The van der Waals surface area contributed by atoms with E-state index in [1.165, 1.54) is 12.8 Å². The summed E-state index contributed by atoms with van der Waals surface area (Å²) in [5, 5.41) is 8.47. The minimum absolute atomic E-state index is 0. The average Bonchev–Trinajstić information content (AvgIpc) is 1.97. The Morgan fingerprint density at radius 2 is 2.00 bits per heavy atom. The summed E-state index contributed by atoms with van der Waals surface area (Å²) < 4.78 is 0. The molecule has 1 N–H and O–H groups in total. The molecule has 0 unspecified atom stereocenters. The van der Waals surface area contributed by atoms with Crippen molar-refractivity contribution in [1.82, 2.24) is 0 Å². The Labute approximate surface area is 96.3 Å². The second-order valence-electron chi connectivity index (χ2n) is 2.69. The van der Waals surface area contributed by atoms with Gasteiger partial charge >= 0.3 is 35.5 Å². The Bertz CT molecular complexity index is 153. The van der Waals surface area contributed by atoms with Gasteiger partial charge in [0.25, 0.3) is 0 Å². The fourth-order valence-corrected chi connectivity index (χ4v) is 0.800. The van der Waals surface area contributed by atoms with Crippen LogP contribution in [0.1, 0.15) is 39.5 Å². The van der Waals surface area contributed by atoms with E-state index in [1.807, 2.05) is 0 Å². The number of unbranched alkanes of at least 4 members (excludes halogenated alkanes) is 3. The third-order valence-corrected chi connectivity index (χ3v) is 1.60. The second-order valence-corrected chi connectivity index (χ2v) is 2.69. The fourth-order valence-electron chi connectivity index (χ4n) is 0.800. The molecule has 0 saturated heterocycles. The molecule has 0 aromatic heterocycles. The second kappa shape index (κ2) is 9.30. The number of carbonyl (C=O) groups is 1. The Morgan fingerprint density at radius 1 is 1.42 bits per heavy atom. The summed E-state index contributed by atoms with van der Waals surface area (Å²) in [7, 11) is 0. The molecule has 0 aromatic carbocycles. The Kier molecular flexibility index (Phi) is 11.4. The number of hydrogen-bond acceptors (Lipinski definition) is 1. The molecule has 0 rings (SSSR count). The predicted octanol–water partition coefficient (Wildman–Crippen LogP) is 1.95. The molecule has 0 fully saturated rings. The quantitative estimate of drug-likeness (QED) is 0.399. The number of rotatable bonds is 5. The number of allylic oxidation sites excluding steroid dienone is 1. The van der Waals surface area contributed by atoms with Crippen LogP contribution in [0, 0.1) is 0 Å². The zero-order chi connectivity index (χ0) is 8.69. The molecule has 0 aliphatic rings. The molecule has 0 radical (unpaired) electrons. The molecule has 3 heteroatoms. The molecule has 0 aliphatic heterocycles. The molecule has 2 nitrogen and oxygen atoms in total. The maximum atomic E-state index is 10.3. The Balaban J connectivity index is 0. The standard InChI is InChI=1S/C9H16O2.Na.H/c1-3-4-5-6-7-8(2)9(10)11;;/h7H,3-6H2,1-2H3,(H,10,11);;/b8-7-;;. The minimum atomic E-state index is -0.804. The van der Waals surface area contributed by atoms with Gasteiger partial charge in [0.15, 0.2) is 0 Å². The van der Waals surface area contributed by atoms with E-state index in [4.69, 9.17) is 5.11 Å². The van der Waals surface area contributed by atoms with Gasteiger partial charge in [0.2, 0.25) is 0 Å². The molecule has 0 bridgehead atoms. The van der Waals surface area contributed by atoms with Gasteiger partial charge in [-0.25, -0.2) is 4.79 Å². The normalized spacial score (nSPS) is 10.7. The van der Waals surface area contributed by atoms with E-state index in [9.17, 15) is 4.79 Å². The number of carboxylic acid groups (broad SMARTS) is 1. The molecule has 0 saturated carbocycles. The SMILES string of the molecule is CCCCC/C=C(/C)C(=O)O.[NaH]. The van der Waals surface area contributed by atoms with Crippen LogP contribution in [0.25, 0.3) is 0 Å². The van der Waals surface area contributed by atoms with Gasteiger partial charge in [-0.2, -0.15) is 0 Å². The third-order valence-electron chi connectivity index (χ3n) is 1.60. The maximum absolute atomic E-state index is 10.3. The molecular weight excluding hydrogens is 163 g/mol. The van der Waals surface area contributed by atoms with Gasteiger partial charge in [-0.05, 0) is 19.8 Å². The number of hydrogen-bond donors (Lipinski definition) is 1. The molecule has 12 heavy (non-hydrogen) atoms. The van der Waals surface area contributed by atoms with Crippen molar-refractivity contribution in [2.75, 3.05) is 0 Å². The zero-order valence-corrected chi connectivity index (χ0v) is 7.26. The van der Waals surface area contributed by atoms with Gasteiger partial charge in [-0.15, -0.1) is 0 Å². The fraction of sp³-hybridized carbons (Fsp3) is 0.667. The molecule has 0 aromatic rings. The number of aliphatic carboxylic acids is 1. The van der Waals surface area contributed by atoms with Crippen LogP contribution in [0.4, 0.5) is 0 Å². The monoisotopic (exact) mass is 180 g/mol. The summed E-state index contributed by atoms with van der Waals surface area (Å²) in [5.74, 6) is -0.804. The number of carboxylic acids is 1. The molecule has 0 atom stereocenters. The zero-order valence-electron chi connectivity index (χ0n) is 7.26. The van der Waals surface area contributed by atoms with Crippen molar-refractivity contribution >= 4 is 35.5 Å². The summed E-state index contributed by atoms with van der Waals surface area (Å²) in [6, 6.07) is 0.